The molecule has 1 amide bonds. The highest BCUT2D eigenvalue weighted by atomic mass is 32.2. The van der Waals surface area contributed by atoms with Gasteiger partial charge in [0.25, 0.3) is 5.91 Å². The van der Waals surface area contributed by atoms with Gasteiger partial charge in [0.1, 0.15) is 5.01 Å². The van der Waals surface area contributed by atoms with Crippen molar-refractivity contribution in [3.05, 3.63) is 70.7 Å². The van der Waals surface area contributed by atoms with Crippen LogP contribution in [0.2, 0.25) is 0 Å². The van der Waals surface area contributed by atoms with Gasteiger partial charge in [0.2, 0.25) is 10.0 Å². The predicted octanol–water partition coefficient (Wildman–Crippen LogP) is 3.76. The number of aromatic nitrogens is 1. The number of sulfonamides is 1. The summed E-state index contributed by atoms with van der Waals surface area (Å²) in [5, 5.41) is 3.11. The number of carbonyl (C=O) groups excluding carboxylic acids is 1. The van der Waals surface area contributed by atoms with E-state index in [-0.39, 0.29) is 16.8 Å². The minimum atomic E-state index is -3.66. The molecule has 180 valence electrons. The van der Waals surface area contributed by atoms with E-state index in [9.17, 15) is 13.2 Å². The third kappa shape index (κ3) is 5.72. The fourth-order valence-corrected chi connectivity index (χ4v) is 6.07. The third-order valence-electron chi connectivity index (χ3n) is 5.76. The number of amides is 1. The second kappa shape index (κ2) is 10.4. The van der Waals surface area contributed by atoms with Gasteiger partial charge in [-0.05, 0) is 38.5 Å². The van der Waals surface area contributed by atoms with Crippen LogP contribution in [0, 0.1) is 6.92 Å². The van der Waals surface area contributed by atoms with Crippen molar-refractivity contribution in [2.45, 2.75) is 38.3 Å². The molecule has 4 rings (SSSR count). The van der Waals surface area contributed by atoms with Crippen molar-refractivity contribution in [1.29, 1.82) is 0 Å². The lowest BCUT2D eigenvalue weighted by atomic mass is 10.1. The molecule has 0 spiro atoms. The standard InChI is InChI=1S/C25H30N4O3S2/c1-18(2)27-34(31,32)22-10-9-19(3)23(15-22)25(30)29-13-11-28(12-14-29)16-21-17-33-24(26-21)20-7-5-4-6-8-20/h4-10,15,17-18,27H,11-14,16H2,1-3H3. The van der Waals surface area contributed by atoms with Crippen LogP contribution in [0.4, 0.5) is 0 Å². The van der Waals surface area contributed by atoms with Crippen LogP contribution in [0.15, 0.2) is 58.8 Å². The summed E-state index contributed by atoms with van der Waals surface area (Å²) in [4.78, 5) is 22.2. The summed E-state index contributed by atoms with van der Waals surface area (Å²) in [7, 11) is -3.66. The van der Waals surface area contributed by atoms with Gasteiger partial charge in [-0.15, -0.1) is 11.3 Å². The summed E-state index contributed by atoms with van der Waals surface area (Å²) in [5.41, 5.74) is 3.37. The van der Waals surface area contributed by atoms with Gasteiger partial charge in [0.15, 0.2) is 0 Å². The van der Waals surface area contributed by atoms with Crippen LogP contribution in [0.5, 0.6) is 0 Å². The van der Waals surface area contributed by atoms with Crippen LogP contribution in [0.25, 0.3) is 10.6 Å². The number of rotatable bonds is 7. The molecule has 3 aromatic rings. The van der Waals surface area contributed by atoms with Crippen LogP contribution in [-0.2, 0) is 16.6 Å². The molecule has 1 fully saturated rings. The molecule has 1 aliphatic rings. The maximum Gasteiger partial charge on any atom is 0.254 e. The maximum absolute atomic E-state index is 13.2. The molecule has 0 unspecified atom stereocenters. The highest BCUT2D eigenvalue weighted by molar-refractivity contribution is 7.89. The van der Waals surface area contributed by atoms with Gasteiger partial charge in [-0.3, -0.25) is 9.69 Å². The fourth-order valence-electron chi connectivity index (χ4n) is 3.98. The molecule has 0 atom stereocenters. The Kier molecular flexibility index (Phi) is 7.47. The SMILES string of the molecule is Cc1ccc(S(=O)(=O)NC(C)C)cc1C(=O)N1CCN(Cc2csc(-c3ccccc3)n2)CC1. The molecule has 0 bridgehead atoms. The Hall–Kier alpha value is -2.59. The second-order valence-corrected chi connectivity index (χ2v) is 11.4. The Morgan fingerprint density at radius 2 is 1.79 bits per heavy atom. The molecule has 34 heavy (non-hydrogen) atoms. The normalized spacial score (nSPS) is 15.1. The molecule has 1 saturated heterocycles. The van der Waals surface area contributed by atoms with E-state index >= 15 is 0 Å². The first-order valence-corrected chi connectivity index (χ1v) is 13.7. The van der Waals surface area contributed by atoms with Gasteiger partial charge >= 0.3 is 0 Å². The van der Waals surface area contributed by atoms with E-state index in [1.165, 1.54) is 6.07 Å². The zero-order valence-corrected chi connectivity index (χ0v) is 21.3. The van der Waals surface area contributed by atoms with E-state index in [1.54, 1.807) is 37.3 Å². The highest BCUT2D eigenvalue weighted by Gasteiger charge is 2.25. The zero-order chi connectivity index (χ0) is 24.3. The molecule has 1 N–H and O–H groups in total. The second-order valence-electron chi connectivity index (χ2n) is 8.83. The molecule has 1 aliphatic heterocycles. The van der Waals surface area contributed by atoms with E-state index in [4.69, 9.17) is 4.98 Å². The van der Waals surface area contributed by atoms with Crippen molar-refractivity contribution in [1.82, 2.24) is 19.5 Å². The lowest BCUT2D eigenvalue weighted by Gasteiger charge is -2.34. The first-order valence-electron chi connectivity index (χ1n) is 11.4. The van der Waals surface area contributed by atoms with Gasteiger partial charge in [0.05, 0.1) is 10.6 Å². The monoisotopic (exact) mass is 498 g/mol. The van der Waals surface area contributed by atoms with Gasteiger partial charge in [0, 0.05) is 55.3 Å². The van der Waals surface area contributed by atoms with Crippen LogP contribution in [0.3, 0.4) is 0 Å². The topological polar surface area (TPSA) is 82.6 Å². The maximum atomic E-state index is 13.2. The number of aryl methyl sites for hydroxylation is 1. The van der Waals surface area contributed by atoms with Crippen molar-refractivity contribution in [2.24, 2.45) is 0 Å². The minimum absolute atomic E-state index is 0.117. The minimum Gasteiger partial charge on any atom is -0.336 e. The van der Waals surface area contributed by atoms with Crippen molar-refractivity contribution in [3.8, 4) is 10.6 Å². The quantitative estimate of drug-likeness (QED) is 0.536. The molecule has 2 aromatic carbocycles. The Morgan fingerprint density at radius 1 is 1.09 bits per heavy atom. The van der Waals surface area contributed by atoms with Gasteiger partial charge in [-0.2, -0.15) is 0 Å². The Morgan fingerprint density at radius 3 is 2.47 bits per heavy atom. The molecule has 1 aromatic heterocycles. The van der Waals surface area contributed by atoms with E-state index in [0.717, 1.165) is 41.5 Å². The summed E-state index contributed by atoms with van der Waals surface area (Å²) in [5.74, 6) is -0.126. The van der Waals surface area contributed by atoms with Crippen molar-refractivity contribution < 1.29 is 13.2 Å². The average Bonchev–Trinajstić information content (AvgIpc) is 3.27. The third-order valence-corrected chi connectivity index (χ3v) is 8.35. The Bertz CT molecular complexity index is 1250. The smallest absolute Gasteiger partial charge is 0.254 e. The number of nitrogens with zero attached hydrogens (tertiary/aromatic N) is 3. The molecular formula is C25H30N4O3S2. The lowest BCUT2D eigenvalue weighted by molar-refractivity contribution is 0.0626. The van der Waals surface area contributed by atoms with Crippen LogP contribution in [0.1, 0.15) is 35.5 Å². The number of nitrogens with one attached hydrogen (secondary N) is 1. The molecule has 0 radical (unpaired) electrons. The van der Waals surface area contributed by atoms with Crippen molar-refractivity contribution >= 4 is 27.3 Å². The van der Waals surface area contributed by atoms with E-state index in [0.29, 0.717) is 18.7 Å². The van der Waals surface area contributed by atoms with Crippen LogP contribution in [-0.4, -0.2) is 61.3 Å². The molecule has 2 heterocycles. The number of carbonyl (C=O) groups is 1. The molecule has 9 heteroatoms. The summed E-state index contributed by atoms with van der Waals surface area (Å²) in [6, 6.07) is 14.7. The molecule has 7 nitrogen and oxygen atoms in total. The largest absolute Gasteiger partial charge is 0.336 e. The van der Waals surface area contributed by atoms with E-state index < -0.39 is 10.0 Å². The molecular weight excluding hydrogens is 468 g/mol. The molecule has 0 aliphatic carbocycles. The predicted molar refractivity (Wildman–Crippen MR) is 135 cm³/mol. The van der Waals surface area contributed by atoms with Gasteiger partial charge in [-0.1, -0.05) is 36.4 Å². The van der Waals surface area contributed by atoms with E-state index in [2.05, 4.69) is 27.1 Å². The lowest BCUT2D eigenvalue weighted by Crippen LogP contribution is -2.48. The number of hydrogen-bond acceptors (Lipinski definition) is 6. The van der Waals surface area contributed by atoms with Gasteiger partial charge in [-0.25, -0.2) is 18.1 Å². The first kappa shape index (κ1) is 24.5. The number of benzene rings is 2. The summed E-state index contributed by atoms with van der Waals surface area (Å²) in [6.45, 7) is 8.80. The number of piperazine rings is 1. The van der Waals surface area contributed by atoms with Crippen molar-refractivity contribution in [3.63, 3.8) is 0 Å². The Balaban J connectivity index is 1.39. The molecule has 0 saturated carbocycles. The first-order chi connectivity index (χ1) is 16.2. The van der Waals surface area contributed by atoms with E-state index in [1.807, 2.05) is 30.0 Å². The van der Waals surface area contributed by atoms with Gasteiger partial charge < -0.3 is 4.90 Å². The summed E-state index contributed by atoms with van der Waals surface area (Å²) >= 11 is 1.65. The zero-order valence-electron chi connectivity index (χ0n) is 19.7. The number of thiazole rings is 1. The van der Waals surface area contributed by atoms with Crippen LogP contribution >= 0.6 is 11.3 Å². The summed E-state index contributed by atoms with van der Waals surface area (Å²) in [6.07, 6.45) is 0. The van der Waals surface area contributed by atoms with Crippen LogP contribution < -0.4 is 4.72 Å². The Labute approximate surface area is 205 Å². The average molecular weight is 499 g/mol. The fraction of sp³-hybridized carbons (Fsp3) is 0.360. The number of hydrogen-bond donors (Lipinski definition) is 1. The summed E-state index contributed by atoms with van der Waals surface area (Å²) < 4.78 is 27.7. The highest BCUT2D eigenvalue weighted by Crippen LogP contribution is 2.24. The van der Waals surface area contributed by atoms with Crippen molar-refractivity contribution in [2.75, 3.05) is 26.2 Å².